The number of thioether (sulfide) groups is 1. The van der Waals surface area contributed by atoms with Gasteiger partial charge < -0.3 is 19.9 Å². The number of benzene rings is 1. The molecule has 7 heteroatoms. The van der Waals surface area contributed by atoms with Gasteiger partial charge in [-0.1, -0.05) is 0 Å². The Morgan fingerprint density at radius 3 is 2.70 bits per heavy atom. The van der Waals surface area contributed by atoms with Crippen molar-refractivity contribution in [3.8, 4) is 5.75 Å². The van der Waals surface area contributed by atoms with Crippen molar-refractivity contribution < 1.29 is 24.2 Å². The van der Waals surface area contributed by atoms with E-state index in [1.165, 1.54) is 37.1 Å². The molecule has 0 unspecified atom stereocenters. The molecule has 2 N–H and O–H groups in total. The standard InChI is InChI=1S/C13H17NO5S/c1-18-5-6-20-8-12(15)14-9-3-4-10(13(16)17)11(7-9)19-2/h3-4,7H,5-6,8H2,1-2H3,(H,14,15)(H,16,17). The van der Waals surface area contributed by atoms with Gasteiger partial charge in [-0.25, -0.2) is 4.79 Å². The summed E-state index contributed by atoms with van der Waals surface area (Å²) in [5.74, 6) is 0.0331. The molecule has 0 bridgehead atoms. The third-order valence-electron chi connectivity index (χ3n) is 2.38. The number of nitrogens with one attached hydrogen (secondary N) is 1. The van der Waals surface area contributed by atoms with Crippen LogP contribution in [-0.2, 0) is 9.53 Å². The molecule has 0 radical (unpaired) electrons. The molecule has 0 fully saturated rings. The van der Waals surface area contributed by atoms with Crippen LogP contribution in [0.15, 0.2) is 18.2 Å². The fourth-order valence-electron chi connectivity index (χ4n) is 1.45. The minimum absolute atomic E-state index is 0.0555. The number of methoxy groups -OCH3 is 2. The van der Waals surface area contributed by atoms with Crippen molar-refractivity contribution in [1.29, 1.82) is 0 Å². The first-order valence-electron chi connectivity index (χ1n) is 5.86. The number of ether oxygens (including phenoxy) is 2. The summed E-state index contributed by atoms with van der Waals surface area (Å²) in [5, 5.41) is 11.6. The Kier molecular flexibility index (Phi) is 6.89. The summed E-state index contributed by atoms with van der Waals surface area (Å²) in [5.41, 5.74) is 0.559. The predicted molar refractivity (Wildman–Crippen MR) is 77.8 cm³/mol. The van der Waals surface area contributed by atoms with Gasteiger partial charge in [-0.3, -0.25) is 4.79 Å². The Morgan fingerprint density at radius 2 is 2.10 bits per heavy atom. The van der Waals surface area contributed by atoms with E-state index < -0.39 is 5.97 Å². The van der Waals surface area contributed by atoms with Gasteiger partial charge in [0.05, 0.1) is 19.5 Å². The van der Waals surface area contributed by atoms with Gasteiger partial charge in [0.1, 0.15) is 11.3 Å². The van der Waals surface area contributed by atoms with Crippen LogP contribution >= 0.6 is 11.8 Å². The molecule has 0 aliphatic rings. The highest BCUT2D eigenvalue weighted by molar-refractivity contribution is 7.99. The molecule has 0 aromatic heterocycles. The van der Waals surface area contributed by atoms with Crippen molar-refractivity contribution in [2.24, 2.45) is 0 Å². The lowest BCUT2D eigenvalue weighted by molar-refractivity contribution is -0.113. The second-order valence-electron chi connectivity index (χ2n) is 3.81. The van der Waals surface area contributed by atoms with Crippen LogP contribution in [0, 0.1) is 0 Å². The zero-order valence-corrected chi connectivity index (χ0v) is 12.2. The number of carbonyl (C=O) groups excluding carboxylic acids is 1. The van der Waals surface area contributed by atoms with E-state index in [1.54, 1.807) is 7.11 Å². The Morgan fingerprint density at radius 1 is 1.35 bits per heavy atom. The number of hydrogen-bond acceptors (Lipinski definition) is 5. The highest BCUT2D eigenvalue weighted by atomic mass is 32.2. The Balaban J connectivity index is 2.59. The van der Waals surface area contributed by atoms with Crippen LogP contribution in [0.4, 0.5) is 5.69 Å². The van der Waals surface area contributed by atoms with Gasteiger partial charge in [0.15, 0.2) is 0 Å². The van der Waals surface area contributed by atoms with Crippen molar-refractivity contribution in [3.05, 3.63) is 23.8 Å². The van der Waals surface area contributed by atoms with Crippen molar-refractivity contribution in [2.45, 2.75) is 0 Å². The molecular weight excluding hydrogens is 282 g/mol. The maximum absolute atomic E-state index is 11.7. The van der Waals surface area contributed by atoms with Crippen LogP contribution in [0.3, 0.4) is 0 Å². The largest absolute Gasteiger partial charge is 0.496 e. The van der Waals surface area contributed by atoms with Crippen molar-refractivity contribution in [2.75, 3.05) is 37.6 Å². The summed E-state index contributed by atoms with van der Waals surface area (Å²) in [6.45, 7) is 0.596. The second-order valence-corrected chi connectivity index (χ2v) is 4.92. The summed E-state index contributed by atoms with van der Waals surface area (Å²) in [6.07, 6.45) is 0. The molecule has 0 saturated carbocycles. The Bertz CT molecular complexity index is 478. The number of carbonyl (C=O) groups is 2. The van der Waals surface area contributed by atoms with Gasteiger partial charge in [-0.05, 0) is 12.1 Å². The summed E-state index contributed by atoms with van der Waals surface area (Å²) < 4.78 is 9.87. The lowest BCUT2D eigenvalue weighted by Gasteiger charge is -2.09. The number of carboxylic acids is 1. The molecule has 0 aliphatic carbocycles. The Hall–Kier alpha value is -1.73. The number of anilines is 1. The number of hydrogen-bond donors (Lipinski definition) is 2. The zero-order valence-electron chi connectivity index (χ0n) is 11.3. The molecule has 110 valence electrons. The van der Waals surface area contributed by atoms with Crippen LogP contribution in [0.2, 0.25) is 0 Å². The van der Waals surface area contributed by atoms with Crippen LogP contribution in [0.5, 0.6) is 5.75 Å². The molecule has 0 atom stereocenters. The normalized spacial score (nSPS) is 10.1. The molecule has 20 heavy (non-hydrogen) atoms. The van der Waals surface area contributed by atoms with Gasteiger partial charge in [-0.2, -0.15) is 0 Å². The molecule has 0 aliphatic heterocycles. The average Bonchev–Trinajstić information content (AvgIpc) is 2.43. The van der Waals surface area contributed by atoms with Gasteiger partial charge in [0.2, 0.25) is 5.91 Å². The van der Waals surface area contributed by atoms with E-state index in [-0.39, 0.29) is 17.2 Å². The van der Waals surface area contributed by atoms with Crippen LogP contribution in [-0.4, -0.2) is 49.3 Å². The van der Waals surface area contributed by atoms with Gasteiger partial charge in [0.25, 0.3) is 0 Å². The van der Waals surface area contributed by atoms with Gasteiger partial charge >= 0.3 is 5.97 Å². The first kappa shape index (κ1) is 16.3. The van der Waals surface area contributed by atoms with Crippen molar-refractivity contribution >= 4 is 29.3 Å². The lowest BCUT2D eigenvalue weighted by Crippen LogP contribution is -2.15. The summed E-state index contributed by atoms with van der Waals surface area (Å²) in [7, 11) is 2.99. The first-order valence-corrected chi connectivity index (χ1v) is 7.01. The van der Waals surface area contributed by atoms with Crippen LogP contribution in [0.1, 0.15) is 10.4 Å². The van der Waals surface area contributed by atoms with E-state index in [0.717, 1.165) is 5.75 Å². The molecule has 6 nitrogen and oxygen atoms in total. The number of aromatic carboxylic acids is 1. The van der Waals surface area contributed by atoms with E-state index in [1.807, 2.05) is 0 Å². The lowest BCUT2D eigenvalue weighted by atomic mass is 10.2. The van der Waals surface area contributed by atoms with E-state index in [4.69, 9.17) is 14.6 Å². The molecular formula is C13H17NO5S. The van der Waals surface area contributed by atoms with E-state index >= 15 is 0 Å². The highest BCUT2D eigenvalue weighted by Gasteiger charge is 2.12. The Labute approximate surface area is 121 Å². The topological polar surface area (TPSA) is 84.9 Å². The quantitative estimate of drug-likeness (QED) is 0.711. The van der Waals surface area contributed by atoms with E-state index in [2.05, 4.69) is 5.32 Å². The van der Waals surface area contributed by atoms with E-state index in [0.29, 0.717) is 18.0 Å². The summed E-state index contributed by atoms with van der Waals surface area (Å²) in [4.78, 5) is 22.6. The third kappa shape index (κ3) is 5.10. The predicted octanol–water partition coefficient (Wildman–Crippen LogP) is 1.71. The SMILES string of the molecule is COCCSCC(=O)Nc1ccc(C(=O)O)c(OC)c1. The second kappa shape index (κ2) is 8.44. The first-order chi connectivity index (χ1) is 9.58. The maximum atomic E-state index is 11.7. The molecule has 1 aromatic rings. The van der Waals surface area contributed by atoms with Crippen LogP contribution < -0.4 is 10.1 Å². The van der Waals surface area contributed by atoms with Crippen LogP contribution in [0.25, 0.3) is 0 Å². The highest BCUT2D eigenvalue weighted by Crippen LogP contribution is 2.23. The smallest absolute Gasteiger partial charge is 0.339 e. The zero-order chi connectivity index (χ0) is 15.0. The molecule has 1 aromatic carbocycles. The summed E-state index contributed by atoms with van der Waals surface area (Å²) >= 11 is 1.46. The molecule has 1 amide bonds. The monoisotopic (exact) mass is 299 g/mol. The van der Waals surface area contributed by atoms with Crippen molar-refractivity contribution in [1.82, 2.24) is 0 Å². The molecule has 0 heterocycles. The molecule has 0 spiro atoms. The number of rotatable bonds is 8. The summed E-state index contributed by atoms with van der Waals surface area (Å²) in [6, 6.07) is 4.42. The molecule has 0 saturated heterocycles. The fraction of sp³-hybridized carbons (Fsp3) is 0.385. The average molecular weight is 299 g/mol. The minimum Gasteiger partial charge on any atom is -0.496 e. The third-order valence-corrected chi connectivity index (χ3v) is 3.30. The maximum Gasteiger partial charge on any atom is 0.339 e. The minimum atomic E-state index is -1.07. The number of carboxylic acid groups (broad SMARTS) is 1. The number of amides is 1. The van der Waals surface area contributed by atoms with Gasteiger partial charge in [0, 0.05) is 24.6 Å². The van der Waals surface area contributed by atoms with E-state index in [9.17, 15) is 9.59 Å². The molecule has 1 rings (SSSR count). The van der Waals surface area contributed by atoms with Gasteiger partial charge in [-0.15, -0.1) is 11.8 Å². The fourth-order valence-corrected chi connectivity index (χ4v) is 2.14. The van der Waals surface area contributed by atoms with Crippen molar-refractivity contribution in [3.63, 3.8) is 0 Å².